The van der Waals surface area contributed by atoms with E-state index in [-0.39, 0.29) is 11.8 Å². The molecule has 3 rings (SSSR count). The van der Waals surface area contributed by atoms with Gasteiger partial charge < -0.3 is 10.0 Å². The minimum atomic E-state index is -0.654. The number of thiophene rings is 1. The zero-order valence-corrected chi connectivity index (χ0v) is 11.0. The van der Waals surface area contributed by atoms with Gasteiger partial charge in [0.1, 0.15) is 0 Å². The summed E-state index contributed by atoms with van der Waals surface area (Å²) in [6, 6.07) is 2.12. The zero-order chi connectivity index (χ0) is 12.2. The van der Waals surface area contributed by atoms with Crippen molar-refractivity contribution in [2.45, 2.75) is 31.8 Å². The van der Waals surface area contributed by atoms with Gasteiger partial charge in [0.15, 0.2) is 0 Å². The van der Waals surface area contributed by atoms with Crippen LogP contribution in [0.15, 0.2) is 11.4 Å². The summed E-state index contributed by atoms with van der Waals surface area (Å²) < 4.78 is 0. The Labute approximate surface area is 105 Å². The summed E-state index contributed by atoms with van der Waals surface area (Å²) >= 11 is 1.76. The molecule has 17 heavy (non-hydrogen) atoms. The first kappa shape index (κ1) is 11.2. The lowest BCUT2D eigenvalue weighted by Crippen LogP contribution is -2.62. The van der Waals surface area contributed by atoms with Crippen LogP contribution in [0.1, 0.15) is 29.7 Å². The number of nitrogens with zero attached hydrogens (tertiary/aromatic N) is 1. The predicted molar refractivity (Wildman–Crippen MR) is 67.1 cm³/mol. The Bertz CT molecular complexity index is 458. The molecular weight excluding hydrogens is 234 g/mol. The molecule has 0 radical (unpaired) electrons. The lowest BCUT2D eigenvalue weighted by Gasteiger charge is -2.44. The number of aliphatic hydroxyl groups is 1. The smallest absolute Gasteiger partial charge is 0.226 e. The maximum absolute atomic E-state index is 12.1. The van der Waals surface area contributed by atoms with E-state index in [4.69, 9.17) is 0 Å². The van der Waals surface area contributed by atoms with Gasteiger partial charge in [0.2, 0.25) is 5.91 Å². The van der Waals surface area contributed by atoms with Crippen molar-refractivity contribution in [3.8, 4) is 0 Å². The summed E-state index contributed by atoms with van der Waals surface area (Å²) in [5.74, 6) is 0.839. The fourth-order valence-electron chi connectivity index (χ4n) is 2.69. The van der Waals surface area contributed by atoms with Crippen LogP contribution in [-0.2, 0) is 4.79 Å². The first-order chi connectivity index (χ1) is 7.98. The van der Waals surface area contributed by atoms with Crippen LogP contribution in [0.25, 0.3) is 0 Å². The van der Waals surface area contributed by atoms with Gasteiger partial charge in [0.05, 0.1) is 18.7 Å². The summed E-state index contributed by atoms with van der Waals surface area (Å²) in [4.78, 5) is 15.3. The number of β-amino-alcohol motifs (C(OH)–C–C–N with tert-alkyl or cyclic N) is 1. The number of aryl methyl sites for hydroxylation is 1. The molecule has 2 atom stereocenters. The summed E-state index contributed by atoms with van der Waals surface area (Å²) in [7, 11) is 0. The van der Waals surface area contributed by atoms with Gasteiger partial charge in [-0.3, -0.25) is 4.79 Å². The van der Waals surface area contributed by atoms with Crippen molar-refractivity contribution in [2.75, 3.05) is 13.1 Å². The second-order valence-corrected chi connectivity index (χ2v) is 6.56. The van der Waals surface area contributed by atoms with Crippen LogP contribution in [0.4, 0.5) is 0 Å². The van der Waals surface area contributed by atoms with Crippen molar-refractivity contribution in [3.63, 3.8) is 0 Å². The van der Waals surface area contributed by atoms with Gasteiger partial charge in [-0.1, -0.05) is 0 Å². The second kappa shape index (κ2) is 3.56. The van der Waals surface area contributed by atoms with Gasteiger partial charge in [-0.25, -0.2) is 0 Å². The minimum absolute atomic E-state index is 0.170. The Morgan fingerprint density at radius 3 is 2.82 bits per heavy atom. The highest BCUT2D eigenvalue weighted by Crippen LogP contribution is 2.51. The summed E-state index contributed by atoms with van der Waals surface area (Å²) in [5.41, 5.74) is 0.657. The number of hydrogen-bond acceptors (Lipinski definition) is 3. The molecule has 1 aliphatic carbocycles. The molecular formula is C13H17NO2S. The average molecular weight is 251 g/mol. The number of carbonyl (C=O) groups is 1. The van der Waals surface area contributed by atoms with Crippen LogP contribution < -0.4 is 0 Å². The highest BCUT2D eigenvalue weighted by Gasteiger charge is 2.50. The van der Waals surface area contributed by atoms with Crippen LogP contribution in [0.3, 0.4) is 0 Å². The first-order valence-corrected chi connectivity index (χ1v) is 6.91. The molecule has 1 N–H and O–H groups in total. The average Bonchev–Trinajstić information content (AvgIpc) is 2.90. The van der Waals surface area contributed by atoms with Crippen LogP contribution >= 0.6 is 11.3 Å². The number of hydrogen-bond donors (Lipinski definition) is 1. The maximum atomic E-state index is 12.1. The number of carbonyl (C=O) groups excluding carboxylic acids is 1. The number of rotatable bonds is 2. The molecule has 0 spiro atoms. The van der Waals surface area contributed by atoms with E-state index in [2.05, 4.69) is 18.4 Å². The molecule has 1 saturated carbocycles. The standard InChI is InChI=1S/C13H17NO2S/c1-8-3-4-17-11(8)9-5-10(9)12(15)14-6-13(2,16)7-14/h3-4,9-10,16H,5-7H2,1-2H3. The quantitative estimate of drug-likeness (QED) is 0.870. The zero-order valence-electron chi connectivity index (χ0n) is 10.1. The van der Waals surface area contributed by atoms with Crippen molar-refractivity contribution in [1.29, 1.82) is 0 Å². The van der Waals surface area contributed by atoms with Gasteiger partial charge >= 0.3 is 0 Å². The lowest BCUT2D eigenvalue weighted by molar-refractivity contribution is -0.153. The van der Waals surface area contributed by atoms with E-state index in [1.165, 1.54) is 10.4 Å². The molecule has 1 aromatic heterocycles. The van der Waals surface area contributed by atoms with Gasteiger partial charge in [-0.05, 0) is 37.3 Å². The van der Waals surface area contributed by atoms with E-state index >= 15 is 0 Å². The first-order valence-electron chi connectivity index (χ1n) is 6.03. The van der Waals surface area contributed by atoms with E-state index in [9.17, 15) is 9.90 Å². The summed E-state index contributed by atoms with van der Waals surface area (Å²) in [6.07, 6.45) is 0.985. The van der Waals surface area contributed by atoms with Crippen LogP contribution in [0.5, 0.6) is 0 Å². The van der Waals surface area contributed by atoms with E-state index in [1.54, 1.807) is 23.2 Å². The highest BCUT2D eigenvalue weighted by molar-refractivity contribution is 7.10. The molecule has 0 bridgehead atoms. The Morgan fingerprint density at radius 2 is 2.29 bits per heavy atom. The Morgan fingerprint density at radius 1 is 1.59 bits per heavy atom. The molecule has 1 aromatic rings. The molecule has 1 saturated heterocycles. The molecule has 4 heteroatoms. The maximum Gasteiger partial charge on any atom is 0.226 e. The van der Waals surface area contributed by atoms with Crippen molar-refractivity contribution >= 4 is 17.2 Å². The van der Waals surface area contributed by atoms with Crippen LogP contribution in [0.2, 0.25) is 0 Å². The van der Waals surface area contributed by atoms with Crippen molar-refractivity contribution < 1.29 is 9.90 Å². The fourth-order valence-corrected chi connectivity index (χ4v) is 3.80. The topological polar surface area (TPSA) is 40.5 Å². The van der Waals surface area contributed by atoms with Gasteiger partial charge in [-0.2, -0.15) is 0 Å². The van der Waals surface area contributed by atoms with E-state index in [0.717, 1.165) is 6.42 Å². The molecule has 2 fully saturated rings. The SMILES string of the molecule is Cc1ccsc1C1CC1C(=O)N1CC(C)(O)C1. The molecule has 2 heterocycles. The van der Waals surface area contributed by atoms with Crippen molar-refractivity contribution in [1.82, 2.24) is 4.90 Å². The van der Waals surface area contributed by atoms with Gasteiger partial charge in [-0.15, -0.1) is 11.3 Å². The molecule has 92 valence electrons. The third-order valence-corrected chi connectivity index (χ3v) is 4.87. The van der Waals surface area contributed by atoms with E-state index in [1.807, 2.05) is 0 Å². The molecule has 0 aromatic carbocycles. The predicted octanol–water partition coefficient (Wildman–Crippen LogP) is 1.75. The van der Waals surface area contributed by atoms with Gasteiger partial charge in [0, 0.05) is 16.7 Å². The Kier molecular flexibility index (Phi) is 2.35. The minimum Gasteiger partial charge on any atom is -0.386 e. The third-order valence-electron chi connectivity index (χ3n) is 3.72. The molecule has 1 amide bonds. The second-order valence-electron chi connectivity index (χ2n) is 5.61. The number of amides is 1. The van der Waals surface area contributed by atoms with Crippen molar-refractivity contribution in [3.05, 3.63) is 21.9 Å². The normalized spacial score (nSPS) is 29.9. The summed E-state index contributed by atoms with van der Waals surface area (Å²) in [5, 5.41) is 11.7. The van der Waals surface area contributed by atoms with E-state index in [0.29, 0.717) is 19.0 Å². The van der Waals surface area contributed by atoms with Gasteiger partial charge in [0.25, 0.3) is 0 Å². The molecule has 3 nitrogen and oxygen atoms in total. The van der Waals surface area contributed by atoms with Crippen molar-refractivity contribution in [2.24, 2.45) is 5.92 Å². The monoisotopic (exact) mass is 251 g/mol. The third kappa shape index (κ3) is 1.89. The number of likely N-dealkylation sites (tertiary alicyclic amines) is 1. The molecule has 2 aliphatic rings. The van der Waals surface area contributed by atoms with E-state index < -0.39 is 5.60 Å². The molecule has 1 aliphatic heterocycles. The lowest BCUT2D eigenvalue weighted by atomic mass is 9.96. The largest absolute Gasteiger partial charge is 0.386 e. The highest BCUT2D eigenvalue weighted by atomic mass is 32.1. The summed E-state index contributed by atoms with van der Waals surface area (Å²) in [6.45, 7) is 4.89. The Balaban J connectivity index is 1.62. The Hall–Kier alpha value is -0.870. The fraction of sp³-hybridized carbons (Fsp3) is 0.615. The molecule has 2 unspecified atom stereocenters. The van der Waals surface area contributed by atoms with Crippen LogP contribution in [0, 0.1) is 12.8 Å². The van der Waals surface area contributed by atoms with Crippen LogP contribution in [-0.4, -0.2) is 34.6 Å².